The average molecular weight is 492 g/mol. The Kier molecular flexibility index (Phi) is 8.70. The van der Waals surface area contributed by atoms with Crippen molar-refractivity contribution in [1.29, 1.82) is 0 Å². The van der Waals surface area contributed by atoms with Crippen LogP contribution in [0.25, 0.3) is 0 Å². The summed E-state index contributed by atoms with van der Waals surface area (Å²) >= 11 is 0. The van der Waals surface area contributed by atoms with Crippen molar-refractivity contribution in [2.45, 2.75) is 6.92 Å². The summed E-state index contributed by atoms with van der Waals surface area (Å²) in [6.45, 7) is 1.94. The van der Waals surface area contributed by atoms with E-state index in [9.17, 15) is 0 Å². The third-order valence-corrected chi connectivity index (χ3v) is 10.9. The molecule has 5 aromatic rings. The summed E-state index contributed by atoms with van der Waals surface area (Å²) in [5.74, 6) is 0.450. The van der Waals surface area contributed by atoms with E-state index in [1.54, 1.807) is 12.1 Å². The van der Waals surface area contributed by atoms with Crippen molar-refractivity contribution in [2.24, 2.45) is 0 Å². The van der Waals surface area contributed by atoms with Crippen LogP contribution in [0.5, 0.6) is 5.75 Å². The van der Waals surface area contributed by atoms with Crippen LogP contribution in [-0.4, -0.2) is 17.4 Å². The molecule has 0 atom stereocenters. The molecule has 180 valence electrons. The van der Waals surface area contributed by atoms with Crippen LogP contribution >= 0.6 is 7.26 Å². The van der Waals surface area contributed by atoms with Crippen molar-refractivity contribution in [2.75, 3.05) is 0 Å². The Hall–Kier alpha value is -3.69. The molecule has 0 saturated carbocycles. The molecule has 5 rings (SSSR count). The van der Waals surface area contributed by atoms with E-state index in [1.165, 1.54) is 21.2 Å². The van der Waals surface area contributed by atoms with E-state index in [0.29, 0.717) is 5.75 Å². The second kappa shape index (κ2) is 12.3. The molecular formula is C31H30BO3P. The average Bonchev–Trinajstić information content (AvgIpc) is 2.93. The van der Waals surface area contributed by atoms with Gasteiger partial charge in [0.2, 0.25) is 0 Å². The molecule has 0 aliphatic rings. The van der Waals surface area contributed by atoms with Crippen LogP contribution in [0.4, 0.5) is 0 Å². The fourth-order valence-electron chi connectivity index (χ4n) is 4.49. The molecule has 2 N–H and O–H groups in total. The quantitative estimate of drug-likeness (QED) is 0.273. The van der Waals surface area contributed by atoms with Crippen molar-refractivity contribution in [3.8, 4) is 5.75 Å². The van der Waals surface area contributed by atoms with E-state index < -0.39 is 14.6 Å². The van der Waals surface area contributed by atoms with E-state index >= 15 is 0 Å². The number of rotatable bonds is 6. The molecule has 5 aromatic carbocycles. The molecule has 3 nitrogen and oxygen atoms in total. The van der Waals surface area contributed by atoms with Crippen LogP contribution in [0, 0.1) is 6.92 Å². The summed E-state index contributed by atoms with van der Waals surface area (Å²) < 4.78 is 4.58. The fraction of sp³-hybridized carbons (Fsp3) is 0.0323. The Morgan fingerprint density at radius 3 is 1.06 bits per heavy atom. The van der Waals surface area contributed by atoms with Crippen LogP contribution < -0.4 is 25.9 Å². The van der Waals surface area contributed by atoms with Gasteiger partial charge in [0, 0.05) is 0 Å². The maximum atomic E-state index is 8.41. The van der Waals surface area contributed by atoms with Crippen LogP contribution in [0.1, 0.15) is 5.56 Å². The Labute approximate surface area is 214 Å². The summed E-state index contributed by atoms with van der Waals surface area (Å²) in [7, 11) is -4.04. The summed E-state index contributed by atoms with van der Waals surface area (Å²) in [5, 5.41) is 22.5. The van der Waals surface area contributed by atoms with Crippen molar-refractivity contribution in [3.63, 3.8) is 0 Å². The standard InChI is InChI=1S/C24H21P.C7H9BO3/c1-5-13-21(14-6-1)25(22-15-7-2-8-16-22,23-17-9-3-10-18-23)24-19-11-4-12-20-24;1-6-2-4-7(5-3-6)11-8(9)10/h1-20,25H;2-5,9-10H,1H3. The van der Waals surface area contributed by atoms with Gasteiger partial charge >= 0.3 is 157 Å². The topological polar surface area (TPSA) is 49.7 Å². The molecule has 0 unspecified atom stereocenters. The van der Waals surface area contributed by atoms with E-state index in [4.69, 9.17) is 10.0 Å². The van der Waals surface area contributed by atoms with Gasteiger partial charge in [-0.25, -0.2) is 0 Å². The minimum atomic E-state index is -2.30. The molecule has 0 spiro atoms. The SMILES string of the molecule is Cc1ccc(OB(O)O)cc1.c1ccc([PH](c2ccccc2)(c2ccccc2)c2ccccc2)cc1. The monoisotopic (exact) mass is 492 g/mol. The Morgan fingerprint density at radius 2 is 0.778 bits per heavy atom. The Morgan fingerprint density at radius 1 is 0.472 bits per heavy atom. The molecule has 0 aliphatic heterocycles. The van der Waals surface area contributed by atoms with Gasteiger partial charge in [-0.3, -0.25) is 0 Å². The molecule has 0 heterocycles. The second-order valence-electron chi connectivity index (χ2n) is 8.47. The molecule has 0 aliphatic carbocycles. The normalized spacial score (nSPS) is 11.1. The maximum absolute atomic E-state index is 8.41. The zero-order valence-corrected chi connectivity index (χ0v) is 21.2. The molecule has 0 radical (unpaired) electrons. The first-order valence-electron chi connectivity index (χ1n) is 11.9. The zero-order valence-electron chi connectivity index (χ0n) is 20.2. The summed E-state index contributed by atoms with van der Waals surface area (Å²) in [5.41, 5.74) is 1.10. The predicted molar refractivity (Wildman–Crippen MR) is 155 cm³/mol. The summed E-state index contributed by atoms with van der Waals surface area (Å²) in [4.78, 5) is 0. The van der Waals surface area contributed by atoms with Crippen molar-refractivity contribution < 1.29 is 14.7 Å². The molecule has 5 heteroatoms. The van der Waals surface area contributed by atoms with Crippen LogP contribution in [0.15, 0.2) is 146 Å². The summed E-state index contributed by atoms with van der Waals surface area (Å²) in [6.07, 6.45) is 0. The van der Waals surface area contributed by atoms with Crippen LogP contribution in [0.3, 0.4) is 0 Å². The van der Waals surface area contributed by atoms with Gasteiger partial charge in [-0.1, -0.05) is 17.7 Å². The van der Waals surface area contributed by atoms with Gasteiger partial charge in [0.25, 0.3) is 0 Å². The van der Waals surface area contributed by atoms with Crippen LogP contribution in [0.2, 0.25) is 0 Å². The van der Waals surface area contributed by atoms with Crippen LogP contribution in [-0.2, 0) is 0 Å². The van der Waals surface area contributed by atoms with Gasteiger partial charge < -0.3 is 14.7 Å². The molecule has 36 heavy (non-hydrogen) atoms. The van der Waals surface area contributed by atoms with E-state index in [-0.39, 0.29) is 0 Å². The minimum absolute atomic E-state index is 0.450. The molecule has 0 amide bonds. The van der Waals surface area contributed by atoms with Gasteiger partial charge in [-0.15, -0.1) is 0 Å². The van der Waals surface area contributed by atoms with E-state index in [1.807, 2.05) is 19.1 Å². The number of benzene rings is 5. The molecule has 0 fully saturated rings. The molecule has 0 saturated heterocycles. The Bertz CT molecular complexity index is 1150. The second-order valence-corrected chi connectivity index (χ2v) is 12.3. The number of hydrogen-bond acceptors (Lipinski definition) is 3. The first kappa shape index (κ1) is 25.4. The zero-order chi connectivity index (χ0) is 25.2. The number of hydrogen-bond donors (Lipinski definition) is 2. The first-order chi connectivity index (χ1) is 17.6. The van der Waals surface area contributed by atoms with E-state index in [2.05, 4.69) is 126 Å². The molecule has 0 aromatic heterocycles. The predicted octanol–water partition coefficient (Wildman–Crippen LogP) is 4.38. The van der Waals surface area contributed by atoms with Gasteiger partial charge in [0.05, 0.1) is 0 Å². The third kappa shape index (κ3) is 5.92. The number of aryl methyl sites for hydroxylation is 1. The Balaban J connectivity index is 0.000000233. The van der Waals surface area contributed by atoms with Gasteiger partial charge in [0.1, 0.15) is 5.75 Å². The van der Waals surface area contributed by atoms with Gasteiger partial charge in [-0.2, -0.15) is 0 Å². The van der Waals surface area contributed by atoms with Gasteiger partial charge in [-0.05, 0) is 19.1 Å². The van der Waals surface area contributed by atoms with Gasteiger partial charge in [0.15, 0.2) is 0 Å². The molecule has 0 bridgehead atoms. The van der Waals surface area contributed by atoms with Crippen molar-refractivity contribution in [3.05, 3.63) is 151 Å². The summed E-state index contributed by atoms with van der Waals surface area (Å²) in [6, 6.07) is 51.0. The van der Waals surface area contributed by atoms with Crippen molar-refractivity contribution >= 4 is 35.8 Å². The fourth-order valence-corrected chi connectivity index (χ4v) is 9.26. The first-order valence-corrected chi connectivity index (χ1v) is 13.9. The molecular weight excluding hydrogens is 462 g/mol. The van der Waals surface area contributed by atoms with Crippen molar-refractivity contribution in [1.82, 2.24) is 0 Å². The van der Waals surface area contributed by atoms with E-state index in [0.717, 1.165) is 5.56 Å². The third-order valence-electron chi connectivity index (χ3n) is 6.09.